The van der Waals surface area contributed by atoms with Crippen LogP contribution in [-0.2, 0) is 41.8 Å². The van der Waals surface area contributed by atoms with E-state index >= 15 is 8.78 Å². The van der Waals surface area contributed by atoms with Gasteiger partial charge in [0.05, 0.1) is 18.2 Å². The van der Waals surface area contributed by atoms with Crippen LogP contribution in [0, 0.1) is 11.6 Å². The zero-order valence-electron chi connectivity index (χ0n) is 33.4. The van der Waals surface area contributed by atoms with Gasteiger partial charge in [-0.25, -0.2) is 13.6 Å². The van der Waals surface area contributed by atoms with Crippen LogP contribution in [0.2, 0.25) is 0 Å². The van der Waals surface area contributed by atoms with Crippen LogP contribution in [0.25, 0.3) is 0 Å². The number of hydrogen-bond acceptors (Lipinski definition) is 8. The normalized spacial score (nSPS) is 15.1. The lowest BCUT2D eigenvalue weighted by molar-refractivity contribution is -0.136. The predicted octanol–water partition coefficient (Wildman–Crippen LogP) is 7.96. The number of nitrogens with zero attached hydrogens (tertiary/aromatic N) is 2. The molecule has 0 unspecified atom stereocenters. The third-order valence-corrected chi connectivity index (χ3v) is 12.3. The number of rotatable bonds is 15. The minimum absolute atomic E-state index is 0.0295. The summed E-state index contributed by atoms with van der Waals surface area (Å²) in [7, 11) is 1.30. The Morgan fingerprint density at radius 3 is 2.29 bits per heavy atom. The third-order valence-electron chi connectivity index (χ3n) is 11.1. The Morgan fingerprint density at radius 2 is 1.59 bits per heavy atom. The van der Waals surface area contributed by atoms with Gasteiger partial charge in [-0.3, -0.25) is 19.3 Å². The van der Waals surface area contributed by atoms with Gasteiger partial charge in [-0.2, -0.15) is 0 Å². The van der Waals surface area contributed by atoms with E-state index in [1.54, 1.807) is 30.3 Å². The first kappa shape index (κ1) is 42.6. The summed E-state index contributed by atoms with van der Waals surface area (Å²) in [6, 6.07) is 16.2. The van der Waals surface area contributed by atoms with Crippen LogP contribution in [0.15, 0.2) is 60.7 Å². The summed E-state index contributed by atoms with van der Waals surface area (Å²) >= 11 is 1.36. The van der Waals surface area contributed by atoms with E-state index in [0.29, 0.717) is 73.6 Å². The van der Waals surface area contributed by atoms with Crippen LogP contribution in [0.4, 0.5) is 19.5 Å². The lowest BCUT2D eigenvalue weighted by Gasteiger charge is -2.47. The van der Waals surface area contributed by atoms with Gasteiger partial charge in [0.25, 0.3) is 11.8 Å². The number of esters is 1. The number of unbranched alkanes of at least 4 members (excludes halogenated alkanes) is 2. The van der Waals surface area contributed by atoms with Crippen LogP contribution < -0.4 is 10.6 Å². The summed E-state index contributed by atoms with van der Waals surface area (Å²) in [5.74, 6) is -2.82. The highest BCUT2D eigenvalue weighted by atomic mass is 32.1. The van der Waals surface area contributed by atoms with Crippen LogP contribution in [-0.4, -0.2) is 77.5 Å². The van der Waals surface area contributed by atoms with Gasteiger partial charge in [0.2, 0.25) is 5.91 Å². The number of methoxy groups -OCH3 is 1. The summed E-state index contributed by atoms with van der Waals surface area (Å²) in [4.78, 5) is 57.6. The SMILES string of the molecule is COC(=O)c1ccc(CCc2c(F)cc(NC(=O)c3c(NC(=O)c4cccc(CN5CCN(C(=O)CCCCCO)CC5(C)C)c4)sc4c3CCCC4)cc2F)cc1. The first-order valence-corrected chi connectivity index (χ1v) is 20.8. The van der Waals surface area contributed by atoms with E-state index < -0.39 is 23.5 Å². The van der Waals surface area contributed by atoms with Gasteiger partial charge in [-0.1, -0.05) is 30.7 Å². The Hall–Kier alpha value is -4.98. The molecule has 1 aliphatic carbocycles. The highest BCUT2D eigenvalue weighted by molar-refractivity contribution is 7.17. The van der Waals surface area contributed by atoms with Gasteiger partial charge in [0.1, 0.15) is 16.6 Å². The fraction of sp³-hybridized carbons (Fsp3) is 0.422. The van der Waals surface area contributed by atoms with E-state index in [4.69, 9.17) is 9.84 Å². The molecule has 4 aromatic rings. The molecule has 3 amide bonds. The van der Waals surface area contributed by atoms with Crippen molar-refractivity contribution in [2.75, 3.05) is 44.0 Å². The number of hydrogen-bond donors (Lipinski definition) is 3. The molecule has 0 spiro atoms. The second-order valence-electron chi connectivity index (χ2n) is 15.7. The number of amides is 3. The first-order chi connectivity index (χ1) is 27.9. The second-order valence-corrected chi connectivity index (χ2v) is 16.8. The van der Waals surface area contributed by atoms with Crippen molar-refractivity contribution in [3.8, 4) is 0 Å². The fourth-order valence-corrected chi connectivity index (χ4v) is 9.10. The smallest absolute Gasteiger partial charge is 0.337 e. The van der Waals surface area contributed by atoms with Crippen LogP contribution in [0.1, 0.15) is 111 Å². The molecule has 0 saturated carbocycles. The van der Waals surface area contributed by atoms with Crippen molar-refractivity contribution in [1.29, 1.82) is 0 Å². The molecule has 0 bridgehead atoms. The number of aliphatic hydroxyl groups excluding tert-OH is 1. The van der Waals surface area contributed by atoms with Gasteiger partial charge >= 0.3 is 5.97 Å². The molecule has 2 aliphatic rings. The van der Waals surface area contributed by atoms with Gasteiger partial charge in [0, 0.05) is 66.4 Å². The van der Waals surface area contributed by atoms with Crippen LogP contribution >= 0.6 is 11.3 Å². The first-order valence-electron chi connectivity index (χ1n) is 20.0. The van der Waals surface area contributed by atoms with Gasteiger partial charge in [-0.15, -0.1) is 11.3 Å². The molecule has 2 heterocycles. The molecule has 1 aromatic heterocycles. The number of thiophene rings is 1. The minimum Gasteiger partial charge on any atom is -0.465 e. The Balaban J connectivity index is 1.11. The number of nitrogens with one attached hydrogen (secondary N) is 2. The molecule has 58 heavy (non-hydrogen) atoms. The number of anilines is 2. The quantitative estimate of drug-likeness (QED) is 0.0821. The predicted molar refractivity (Wildman–Crippen MR) is 221 cm³/mol. The van der Waals surface area contributed by atoms with E-state index in [9.17, 15) is 19.2 Å². The number of aryl methyl sites for hydroxylation is 2. The standard InChI is InChI=1S/C45H52F2N4O6S/c1-45(2)28-50(39(53)14-5-4-8-23-52)21-22-51(45)27-30-10-9-11-32(24-30)41(54)49-43-40(35-12-6-7-13-38(35)58-43)42(55)48-33-25-36(46)34(37(47)26-33)20-17-29-15-18-31(19-16-29)44(56)57-3/h9-11,15-16,18-19,24-26,52H,4-8,12-14,17,20-23,27-28H2,1-3H3,(H,48,55)(H,49,54). The Labute approximate surface area is 342 Å². The molecule has 10 nitrogen and oxygen atoms in total. The van der Waals surface area contributed by atoms with Crippen molar-refractivity contribution >= 4 is 45.7 Å². The molecule has 13 heteroatoms. The minimum atomic E-state index is -0.786. The van der Waals surface area contributed by atoms with E-state index in [-0.39, 0.29) is 41.6 Å². The maximum absolute atomic E-state index is 15.3. The Kier molecular flexibility index (Phi) is 14.1. The zero-order valence-corrected chi connectivity index (χ0v) is 34.2. The maximum Gasteiger partial charge on any atom is 0.337 e. The third kappa shape index (κ3) is 10.4. The van der Waals surface area contributed by atoms with Crippen molar-refractivity contribution in [2.24, 2.45) is 0 Å². The topological polar surface area (TPSA) is 128 Å². The second kappa shape index (κ2) is 19.2. The van der Waals surface area contributed by atoms with Crippen molar-refractivity contribution in [1.82, 2.24) is 9.80 Å². The summed E-state index contributed by atoms with van der Waals surface area (Å²) in [5.41, 5.74) is 3.28. The molecule has 6 rings (SSSR count). The lowest BCUT2D eigenvalue weighted by atomic mass is 9.95. The van der Waals surface area contributed by atoms with E-state index in [1.165, 1.54) is 18.4 Å². The zero-order chi connectivity index (χ0) is 41.4. The molecular weight excluding hydrogens is 763 g/mol. The molecule has 3 N–H and O–H groups in total. The van der Waals surface area contributed by atoms with E-state index in [2.05, 4.69) is 29.4 Å². The number of aliphatic hydroxyl groups is 1. The summed E-state index contributed by atoms with van der Waals surface area (Å²) in [6.07, 6.45) is 6.45. The summed E-state index contributed by atoms with van der Waals surface area (Å²) < 4.78 is 35.4. The number of piperazine rings is 1. The molecule has 0 radical (unpaired) electrons. The number of benzene rings is 3. The van der Waals surface area contributed by atoms with Crippen LogP contribution in [0.5, 0.6) is 0 Å². The molecule has 1 saturated heterocycles. The van der Waals surface area contributed by atoms with Gasteiger partial charge in [0.15, 0.2) is 0 Å². The van der Waals surface area contributed by atoms with Crippen molar-refractivity contribution in [3.05, 3.63) is 116 Å². The van der Waals surface area contributed by atoms with Crippen molar-refractivity contribution in [3.63, 3.8) is 0 Å². The Morgan fingerprint density at radius 1 is 0.845 bits per heavy atom. The van der Waals surface area contributed by atoms with E-state index in [0.717, 1.165) is 65.8 Å². The van der Waals surface area contributed by atoms with Crippen molar-refractivity contribution < 1.29 is 37.8 Å². The molecule has 3 aromatic carbocycles. The summed E-state index contributed by atoms with van der Waals surface area (Å²) in [6.45, 7) is 6.87. The molecule has 0 atom stereocenters. The molecule has 308 valence electrons. The Bertz CT molecular complexity index is 2110. The van der Waals surface area contributed by atoms with Crippen LogP contribution in [0.3, 0.4) is 0 Å². The monoisotopic (exact) mass is 814 g/mol. The largest absolute Gasteiger partial charge is 0.465 e. The van der Waals surface area contributed by atoms with Gasteiger partial charge < -0.3 is 25.4 Å². The number of carbonyl (C=O) groups is 4. The maximum atomic E-state index is 15.3. The van der Waals surface area contributed by atoms with Gasteiger partial charge in [-0.05, 0) is 118 Å². The lowest BCUT2D eigenvalue weighted by Crippen LogP contribution is -2.59. The number of carbonyl (C=O) groups excluding carboxylic acids is 4. The molecular formula is C45H52F2N4O6S. The van der Waals surface area contributed by atoms with E-state index in [1.807, 2.05) is 23.1 Å². The average molecular weight is 815 g/mol. The summed E-state index contributed by atoms with van der Waals surface area (Å²) in [5, 5.41) is 15.1. The highest BCUT2D eigenvalue weighted by Gasteiger charge is 2.35. The highest BCUT2D eigenvalue weighted by Crippen LogP contribution is 2.39. The number of fused-ring (bicyclic) bond motifs is 1. The van der Waals surface area contributed by atoms with Crippen molar-refractivity contribution in [2.45, 2.75) is 90.1 Å². The average Bonchev–Trinajstić information content (AvgIpc) is 3.57. The molecule has 1 aliphatic heterocycles. The number of halogens is 2. The fourth-order valence-electron chi connectivity index (χ4n) is 7.82. The molecule has 1 fully saturated rings. The number of ether oxygens (including phenoxy) is 1.